The van der Waals surface area contributed by atoms with Crippen LogP contribution in [-0.4, -0.2) is 16.6 Å². The molecule has 3 heteroatoms. The second-order valence-electron chi connectivity index (χ2n) is 4.00. The van der Waals surface area contributed by atoms with Crippen LogP contribution in [0.5, 0.6) is 0 Å². The quantitative estimate of drug-likeness (QED) is 0.851. The van der Waals surface area contributed by atoms with E-state index in [1.54, 1.807) is 11.8 Å². The molecule has 0 aliphatic rings. The normalized spacial score (nSPS) is 13.1. The Kier molecular flexibility index (Phi) is 5.51. The third-order valence-corrected chi connectivity index (χ3v) is 3.65. The topological polar surface area (TPSA) is 20.2 Å². The first-order valence-electron chi connectivity index (χ1n) is 5.11. The third kappa shape index (κ3) is 4.92. The van der Waals surface area contributed by atoms with Crippen molar-refractivity contribution in [1.82, 2.24) is 0 Å². The molecule has 0 bridgehead atoms. The molecule has 84 valence electrons. The summed E-state index contributed by atoms with van der Waals surface area (Å²) in [4.78, 5) is 0. The molecule has 1 aromatic carbocycles. The van der Waals surface area contributed by atoms with Gasteiger partial charge in [-0.15, -0.1) is 0 Å². The van der Waals surface area contributed by atoms with Crippen LogP contribution in [0.2, 0.25) is 5.02 Å². The maximum absolute atomic E-state index is 9.88. The predicted molar refractivity (Wildman–Crippen MR) is 68.6 cm³/mol. The second-order valence-corrected chi connectivity index (χ2v) is 5.51. The minimum atomic E-state index is -0.410. The van der Waals surface area contributed by atoms with Crippen molar-refractivity contribution in [3.05, 3.63) is 34.9 Å². The summed E-state index contributed by atoms with van der Waals surface area (Å²) in [5, 5.41) is 10.6. The first kappa shape index (κ1) is 12.9. The second kappa shape index (κ2) is 6.41. The van der Waals surface area contributed by atoms with Crippen LogP contribution in [0.1, 0.15) is 25.5 Å². The molecule has 0 radical (unpaired) electrons. The standard InChI is InChI=1S/C12H17ClOS/c1-9(2)7-15-8-12(14)10-4-3-5-11(13)6-10/h3-6,9,12,14H,7-8H2,1-2H3. The number of benzene rings is 1. The number of aliphatic hydroxyl groups excluding tert-OH is 1. The summed E-state index contributed by atoms with van der Waals surface area (Å²) < 4.78 is 0. The summed E-state index contributed by atoms with van der Waals surface area (Å²) in [6.07, 6.45) is -0.410. The van der Waals surface area contributed by atoms with Crippen LogP contribution >= 0.6 is 23.4 Å². The van der Waals surface area contributed by atoms with Crippen molar-refractivity contribution in [3.63, 3.8) is 0 Å². The van der Waals surface area contributed by atoms with Gasteiger partial charge in [0.05, 0.1) is 6.10 Å². The number of halogens is 1. The summed E-state index contributed by atoms with van der Waals surface area (Å²) in [7, 11) is 0. The van der Waals surface area contributed by atoms with E-state index in [0.717, 1.165) is 17.1 Å². The van der Waals surface area contributed by atoms with Gasteiger partial charge in [-0.05, 0) is 29.4 Å². The van der Waals surface area contributed by atoms with E-state index < -0.39 is 6.10 Å². The Morgan fingerprint density at radius 1 is 1.33 bits per heavy atom. The van der Waals surface area contributed by atoms with Crippen molar-refractivity contribution in [2.75, 3.05) is 11.5 Å². The molecule has 0 spiro atoms. The van der Waals surface area contributed by atoms with E-state index in [0.29, 0.717) is 10.9 Å². The molecule has 1 rings (SSSR count). The van der Waals surface area contributed by atoms with Crippen LogP contribution in [0, 0.1) is 5.92 Å². The Morgan fingerprint density at radius 3 is 2.67 bits per heavy atom. The van der Waals surface area contributed by atoms with Crippen LogP contribution in [-0.2, 0) is 0 Å². The highest BCUT2D eigenvalue weighted by atomic mass is 35.5. The first-order chi connectivity index (χ1) is 7.09. The molecule has 1 N–H and O–H groups in total. The summed E-state index contributed by atoms with van der Waals surface area (Å²) in [5.41, 5.74) is 0.902. The maximum atomic E-state index is 9.88. The lowest BCUT2D eigenvalue weighted by atomic mass is 10.1. The Morgan fingerprint density at radius 2 is 2.07 bits per heavy atom. The Hall–Kier alpha value is -0.180. The molecule has 1 atom stereocenters. The molecule has 0 heterocycles. The van der Waals surface area contributed by atoms with Gasteiger partial charge < -0.3 is 5.11 Å². The number of hydrogen-bond donors (Lipinski definition) is 1. The zero-order valence-corrected chi connectivity index (χ0v) is 10.7. The van der Waals surface area contributed by atoms with Gasteiger partial charge in [0.1, 0.15) is 0 Å². The molecule has 0 saturated carbocycles. The van der Waals surface area contributed by atoms with Gasteiger partial charge in [-0.3, -0.25) is 0 Å². The van der Waals surface area contributed by atoms with Gasteiger partial charge in [-0.1, -0.05) is 37.6 Å². The number of hydrogen-bond acceptors (Lipinski definition) is 2. The smallest absolute Gasteiger partial charge is 0.0880 e. The summed E-state index contributed by atoms with van der Waals surface area (Å²) in [6.45, 7) is 4.36. The lowest BCUT2D eigenvalue weighted by Crippen LogP contribution is -2.02. The lowest BCUT2D eigenvalue weighted by Gasteiger charge is -2.11. The minimum Gasteiger partial charge on any atom is -0.388 e. The fourth-order valence-electron chi connectivity index (χ4n) is 1.23. The van der Waals surface area contributed by atoms with Crippen molar-refractivity contribution in [2.24, 2.45) is 5.92 Å². The fraction of sp³-hybridized carbons (Fsp3) is 0.500. The molecule has 0 aliphatic heterocycles. The number of thioether (sulfide) groups is 1. The van der Waals surface area contributed by atoms with Gasteiger partial charge in [0, 0.05) is 10.8 Å². The van der Waals surface area contributed by atoms with E-state index in [9.17, 15) is 5.11 Å². The van der Waals surface area contributed by atoms with E-state index in [4.69, 9.17) is 11.6 Å². The highest BCUT2D eigenvalue weighted by Gasteiger charge is 2.08. The average Bonchev–Trinajstić information content (AvgIpc) is 2.17. The van der Waals surface area contributed by atoms with Crippen molar-refractivity contribution in [3.8, 4) is 0 Å². The molecule has 1 aromatic rings. The van der Waals surface area contributed by atoms with Crippen molar-refractivity contribution in [1.29, 1.82) is 0 Å². The Bertz CT molecular complexity index is 301. The molecular formula is C12H17ClOS. The average molecular weight is 245 g/mol. The predicted octanol–water partition coefficient (Wildman–Crippen LogP) is 3.76. The summed E-state index contributed by atoms with van der Waals surface area (Å²) >= 11 is 7.63. The third-order valence-electron chi connectivity index (χ3n) is 1.96. The molecule has 0 saturated heterocycles. The highest BCUT2D eigenvalue weighted by molar-refractivity contribution is 7.99. The number of aliphatic hydroxyl groups is 1. The monoisotopic (exact) mass is 244 g/mol. The fourth-order valence-corrected chi connectivity index (χ4v) is 2.45. The molecule has 1 unspecified atom stereocenters. The largest absolute Gasteiger partial charge is 0.388 e. The molecule has 0 aliphatic carbocycles. The highest BCUT2D eigenvalue weighted by Crippen LogP contribution is 2.22. The lowest BCUT2D eigenvalue weighted by molar-refractivity contribution is 0.204. The van der Waals surface area contributed by atoms with E-state index in [2.05, 4.69) is 13.8 Å². The summed E-state index contributed by atoms with van der Waals surface area (Å²) in [6, 6.07) is 7.42. The maximum Gasteiger partial charge on any atom is 0.0880 e. The van der Waals surface area contributed by atoms with Crippen LogP contribution in [0.4, 0.5) is 0 Å². The van der Waals surface area contributed by atoms with Gasteiger partial charge in [0.25, 0.3) is 0 Å². The molecule has 1 nitrogen and oxygen atoms in total. The van der Waals surface area contributed by atoms with Gasteiger partial charge in [-0.25, -0.2) is 0 Å². The molecule has 0 aromatic heterocycles. The number of rotatable bonds is 5. The van der Waals surface area contributed by atoms with Crippen molar-refractivity contribution >= 4 is 23.4 Å². The van der Waals surface area contributed by atoms with Crippen LogP contribution in [0.25, 0.3) is 0 Å². The van der Waals surface area contributed by atoms with Gasteiger partial charge in [-0.2, -0.15) is 11.8 Å². The van der Waals surface area contributed by atoms with Crippen LogP contribution in [0.3, 0.4) is 0 Å². The van der Waals surface area contributed by atoms with Gasteiger partial charge in [0.2, 0.25) is 0 Å². The van der Waals surface area contributed by atoms with E-state index in [-0.39, 0.29) is 0 Å². The van der Waals surface area contributed by atoms with Crippen LogP contribution < -0.4 is 0 Å². The zero-order chi connectivity index (χ0) is 11.3. The van der Waals surface area contributed by atoms with Crippen LogP contribution in [0.15, 0.2) is 24.3 Å². The zero-order valence-electron chi connectivity index (χ0n) is 9.11. The molecule has 0 fully saturated rings. The van der Waals surface area contributed by atoms with E-state index in [1.165, 1.54) is 0 Å². The summed E-state index contributed by atoms with van der Waals surface area (Å²) in [5.74, 6) is 2.48. The molecular weight excluding hydrogens is 228 g/mol. The van der Waals surface area contributed by atoms with E-state index >= 15 is 0 Å². The SMILES string of the molecule is CC(C)CSCC(O)c1cccc(Cl)c1. The van der Waals surface area contributed by atoms with Crippen molar-refractivity contribution < 1.29 is 5.11 Å². The van der Waals surface area contributed by atoms with Gasteiger partial charge >= 0.3 is 0 Å². The Balaban J connectivity index is 2.43. The molecule has 0 amide bonds. The minimum absolute atomic E-state index is 0.410. The van der Waals surface area contributed by atoms with E-state index in [1.807, 2.05) is 24.3 Å². The molecule has 15 heavy (non-hydrogen) atoms. The van der Waals surface area contributed by atoms with Crippen molar-refractivity contribution in [2.45, 2.75) is 20.0 Å². The first-order valence-corrected chi connectivity index (χ1v) is 6.64. The Labute approximate surface area is 101 Å². The van der Waals surface area contributed by atoms with Gasteiger partial charge in [0.15, 0.2) is 0 Å².